The molecular formula is C19H23N7O. The van der Waals surface area contributed by atoms with Gasteiger partial charge >= 0.3 is 0 Å². The summed E-state index contributed by atoms with van der Waals surface area (Å²) in [5.74, 6) is 1.57. The Labute approximate surface area is 157 Å². The van der Waals surface area contributed by atoms with Crippen molar-refractivity contribution < 1.29 is 4.79 Å². The number of aromatic nitrogens is 5. The Morgan fingerprint density at radius 1 is 1.30 bits per heavy atom. The highest BCUT2D eigenvalue weighted by Gasteiger charge is 2.12. The number of rotatable bonds is 6. The Bertz CT molecular complexity index is 902. The number of amides is 1. The van der Waals surface area contributed by atoms with Crippen molar-refractivity contribution in [3.63, 3.8) is 0 Å². The number of carbonyl (C=O) groups excluding carboxylic acids is 1. The number of anilines is 1. The molecule has 0 bridgehead atoms. The van der Waals surface area contributed by atoms with Gasteiger partial charge in [-0.15, -0.1) is 0 Å². The van der Waals surface area contributed by atoms with Crippen molar-refractivity contribution >= 4 is 11.6 Å². The van der Waals surface area contributed by atoms with E-state index in [-0.39, 0.29) is 5.91 Å². The van der Waals surface area contributed by atoms with Crippen LogP contribution in [0.2, 0.25) is 0 Å². The Balaban J connectivity index is 1.28. The lowest BCUT2D eigenvalue weighted by atomic mass is 10.1. The third kappa shape index (κ3) is 4.40. The van der Waals surface area contributed by atoms with Crippen LogP contribution in [0, 0.1) is 6.92 Å². The Morgan fingerprint density at radius 3 is 2.89 bits per heavy atom. The number of hydrogen-bond donors (Lipinski definition) is 3. The molecule has 8 nitrogen and oxygen atoms in total. The summed E-state index contributed by atoms with van der Waals surface area (Å²) in [7, 11) is 0. The van der Waals surface area contributed by atoms with Crippen LogP contribution in [-0.2, 0) is 30.7 Å². The van der Waals surface area contributed by atoms with Gasteiger partial charge in [-0.25, -0.2) is 4.98 Å². The van der Waals surface area contributed by atoms with Gasteiger partial charge in [-0.2, -0.15) is 10.2 Å². The Kier molecular flexibility index (Phi) is 4.97. The summed E-state index contributed by atoms with van der Waals surface area (Å²) in [5, 5.41) is 17.8. The van der Waals surface area contributed by atoms with Crippen molar-refractivity contribution in [3.8, 4) is 0 Å². The molecule has 0 spiro atoms. The second kappa shape index (κ2) is 7.71. The van der Waals surface area contributed by atoms with Crippen LogP contribution in [0.25, 0.3) is 0 Å². The highest BCUT2D eigenvalue weighted by Crippen LogP contribution is 2.14. The number of nitrogens with one attached hydrogen (secondary N) is 3. The van der Waals surface area contributed by atoms with E-state index in [2.05, 4.69) is 37.0 Å². The van der Waals surface area contributed by atoms with Crippen LogP contribution in [0.15, 0.2) is 30.3 Å². The maximum Gasteiger partial charge on any atom is 0.224 e. The van der Waals surface area contributed by atoms with E-state index in [1.807, 2.05) is 35.9 Å². The summed E-state index contributed by atoms with van der Waals surface area (Å²) in [6.07, 6.45) is 1.73. The van der Waals surface area contributed by atoms with Crippen molar-refractivity contribution in [2.45, 2.75) is 39.3 Å². The van der Waals surface area contributed by atoms with Crippen molar-refractivity contribution in [2.24, 2.45) is 0 Å². The fraction of sp³-hybridized carbons (Fsp3) is 0.368. The van der Waals surface area contributed by atoms with Crippen molar-refractivity contribution in [3.05, 3.63) is 58.9 Å². The second-order valence-corrected chi connectivity index (χ2v) is 6.79. The van der Waals surface area contributed by atoms with E-state index in [1.54, 1.807) is 0 Å². The molecule has 0 radical (unpaired) electrons. The first kappa shape index (κ1) is 17.4. The van der Waals surface area contributed by atoms with E-state index in [0.29, 0.717) is 19.3 Å². The van der Waals surface area contributed by atoms with Gasteiger partial charge in [0.15, 0.2) is 5.82 Å². The molecule has 1 amide bonds. The molecule has 140 valence electrons. The maximum atomic E-state index is 12.2. The Hall–Kier alpha value is -3.00. The highest BCUT2D eigenvalue weighted by molar-refractivity contribution is 5.90. The fourth-order valence-electron chi connectivity index (χ4n) is 3.20. The average Bonchev–Trinajstić information content (AvgIpc) is 3.27. The minimum atomic E-state index is -0.00330. The molecule has 2 aromatic heterocycles. The third-order valence-electron chi connectivity index (χ3n) is 4.57. The molecule has 0 fully saturated rings. The number of aromatic amines is 1. The molecule has 8 heteroatoms. The molecule has 0 atom stereocenters. The Morgan fingerprint density at radius 2 is 2.15 bits per heavy atom. The van der Waals surface area contributed by atoms with Crippen molar-refractivity contribution in [1.29, 1.82) is 0 Å². The zero-order valence-corrected chi connectivity index (χ0v) is 15.3. The number of aryl methyl sites for hydroxylation is 2. The quantitative estimate of drug-likeness (QED) is 0.616. The summed E-state index contributed by atoms with van der Waals surface area (Å²) in [4.78, 5) is 16.5. The molecule has 1 aromatic carbocycles. The number of benzene rings is 1. The lowest BCUT2D eigenvalue weighted by molar-refractivity contribution is -0.116. The van der Waals surface area contributed by atoms with E-state index in [4.69, 9.17) is 0 Å². The molecule has 0 saturated carbocycles. The zero-order valence-electron chi connectivity index (χ0n) is 15.3. The molecule has 3 heterocycles. The third-order valence-corrected chi connectivity index (χ3v) is 4.57. The molecule has 0 saturated heterocycles. The zero-order chi connectivity index (χ0) is 18.6. The summed E-state index contributed by atoms with van der Waals surface area (Å²) >= 11 is 0. The summed E-state index contributed by atoms with van der Waals surface area (Å²) in [6, 6.07) is 9.87. The number of H-pyrrole nitrogens is 1. The largest absolute Gasteiger partial charge is 0.326 e. The van der Waals surface area contributed by atoms with E-state index < -0.39 is 0 Å². The summed E-state index contributed by atoms with van der Waals surface area (Å²) in [5.41, 5.74) is 4.06. The van der Waals surface area contributed by atoms with E-state index in [9.17, 15) is 4.79 Å². The minimum absolute atomic E-state index is 0.00330. The van der Waals surface area contributed by atoms with Crippen molar-refractivity contribution in [1.82, 2.24) is 30.3 Å². The van der Waals surface area contributed by atoms with E-state index >= 15 is 0 Å². The predicted octanol–water partition coefficient (Wildman–Crippen LogP) is 1.57. The molecule has 27 heavy (non-hydrogen) atoms. The lowest BCUT2D eigenvalue weighted by Gasteiger charge is -2.13. The molecule has 3 aromatic rings. The van der Waals surface area contributed by atoms with Gasteiger partial charge in [0.25, 0.3) is 0 Å². The van der Waals surface area contributed by atoms with Gasteiger partial charge in [0, 0.05) is 38.0 Å². The van der Waals surface area contributed by atoms with Crippen LogP contribution in [0.5, 0.6) is 0 Å². The molecule has 1 aliphatic rings. The van der Waals surface area contributed by atoms with Crippen LogP contribution >= 0.6 is 0 Å². The molecule has 0 aliphatic carbocycles. The molecule has 4 rings (SSSR count). The SMILES string of the molecule is Cc1nc(Cc2ccc(NC(=O)CCc3cc4n(n3)CCNC4)cc2)n[nH]1. The maximum absolute atomic E-state index is 12.2. The van der Waals surface area contributed by atoms with Crippen LogP contribution in [0.4, 0.5) is 5.69 Å². The van der Waals surface area contributed by atoms with Gasteiger partial charge in [0.05, 0.1) is 17.9 Å². The molecule has 1 aliphatic heterocycles. The standard InChI is InChI=1S/C19H23N7O/c1-13-21-18(24-23-13)10-14-2-4-15(5-3-14)22-19(27)7-6-16-11-17-12-20-8-9-26(17)25-16/h2-5,11,20H,6-10,12H2,1H3,(H,22,27)(H,21,23,24). The second-order valence-electron chi connectivity index (χ2n) is 6.79. The van der Waals surface area contributed by atoms with E-state index in [0.717, 1.165) is 48.2 Å². The number of nitrogens with zero attached hydrogens (tertiary/aromatic N) is 4. The molecule has 3 N–H and O–H groups in total. The smallest absolute Gasteiger partial charge is 0.224 e. The van der Waals surface area contributed by atoms with Gasteiger partial charge in [0.2, 0.25) is 5.91 Å². The first-order valence-corrected chi connectivity index (χ1v) is 9.19. The molecule has 0 unspecified atom stereocenters. The minimum Gasteiger partial charge on any atom is -0.326 e. The van der Waals surface area contributed by atoms with Crippen molar-refractivity contribution in [2.75, 3.05) is 11.9 Å². The van der Waals surface area contributed by atoms with Gasteiger partial charge < -0.3 is 10.6 Å². The van der Waals surface area contributed by atoms with E-state index in [1.165, 1.54) is 5.69 Å². The topological polar surface area (TPSA) is 101 Å². The van der Waals surface area contributed by atoms with Crippen LogP contribution in [0.3, 0.4) is 0 Å². The fourth-order valence-corrected chi connectivity index (χ4v) is 3.20. The predicted molar refractivity (Wildman–Crippen MR) is 101 cm³/mol. The van der Waals surface area contributed by atoms with Crippen LogP contribution in [0.1, 0.15) is 35.0 Å². The number of fused-ring (bicyclic) bond motifs is 1. The average molecular weight is 365 g/mol. The van der Waals surface area contributed by atoms with Gasteiger partial charge in [-0.1, -0.05) is 12.1 Å². The first-order valence-electron chi connectivity index (χ1n) is 9.19. The summed E-state index contributed by atoms with van der Waals surface area (Å²) in [6.45, 7) is 4.56. The first-order chi connectivity index (χ1) is 13.2. The van der Waals surface area contributed by atoms with Gasteiger partial charge in [-0.05, 0) is 30.7 Å². The number of carbonyl (C=O) groups is 1. The number of hydrogen-bond acceptors (Lipinski definition) is 5. The van der Waals surface area contributed by atoms with Crippen LogP contribution in [-0.4, -0.2) is 37.4 Å². The van der Waals surface area contributed by atoms with Gasteiger partial charge in [0.1, 0.15) is 5.82 Å². The lowest BCUT2D eigenvalue weighted by Crippen LogP contribution is -2.28. The monoisotopic (exact) mass is 365 g/mol. The van der Waals surface area contributed by atoms with Gasteiger partial charge in [-0.3, -0.25) is 14.6 Å². The highest BCUT2D eigenvalue weighted by atomic mass is 16.1. The molecular weight excluding hydrogens is 342 g/mol. The summed E-state index contributed by atoms with van der Waals surface area (Å²) < 4.78 is 2.03. The normalized spacial score (nSPS) is 13.4. The van der Waals surface area contributed by atoms with Crippen LogP contribution < -0.4 is 10.6 Å².